The van der Waals surface area contributed by atoms with Gasteiger partial charge in [0.2, 0.25) is 0 Å². The molecule has 0 aliphatic rings. The molecule has 1 rings (SSSR count). The number of nitrogens with two attached hydrogens (primary N) is 1. The van der Waals surface area contributed by atoms with Crippen LogP contribution in [0.5, 0.6) is 0 Å². The van der Waals surface area contributed by atoms with E-state index in [2.05, 4.69) is 5.43 Å². The van der Waals surface area contributed by atoms with Crippen LogP contribution in [-0.2, 0) is 0 Å². The van der Waals surface area contributed by atoms with E-state index < -0.39 is 0 Å². The van der Waals surface area contributed by atoms with Crippen molar-refractivity contribution >= 4 is 5.82 Å². The zero-order chi connectivity index (χ0) is 6.69. The number of aromatic nitrogens is 1. The summed E-state index contributed by atoms with van der Waals surface area (Å²) < 4.78 is 1.74. The number of hydrogen-bond acceptors (Lipinski definition) is 2. The van der Waals surface area contributed by atoms with Gasteiger partial charge in [0, 0.05) is 13.1 Å². The summed E-state index contributed by atoms with van der Waals surface area (Å²) in [5.41, 5.74) is 8.42. The first kappa shape index (κ1) is 5.88. The third-order valence-electron chi connectivity index (χ3n) is 1.13. The molecule has 3 heteroatoms. The largest absolute Gasteiger partial charge is 0.295 e. The highest BCUT2D eigenvalue weighted by Crippen LogP contribution is 1.86. The molecular weight excluding hydrogens is 114 g/mol. The molecule has 0 atom stereocenters. The highest BCUT2D eigenvalue weighted by molar-refractivity contribution is 5.18. The molecule has 0 aromatic carbocycles. The zero-order valence-corrected chi connectivity index (χ0v) is 5.33. The van der Waals surface area contributed by atoms with E-state index in [0.29, 0.717) is 5.82 Å². The van der Waals surface area contributed by atoms with Crippen LogP contribution in [0.4, 0.5) is 5.82 Å². The fourth-order valence-electron chi connectivity index (χ4n) is 0.660. The first-order valence-corrected chi connectivity index (χ1v) is 2.78. The summed E-state index contributed by atoms with van der Waals surface area (Å²) in [5.74, 6) is 0.708. The Morgan fingerprint density at radius 1 is 1.56 bits per heavy atom. The number of anilines is 1. The second-order valence-electron chi connectivity index (χ2n) is 1.72. The molecule has 0 aliphatic carbocycles. The Morgan fingerprint density at radius 3 is 2.78 bits per heavy atom. The van der Waals surface area contributed by atoms with Crippen LogP contribution in [0, 0.1) is 0 Å². The zero-order valence-electron chi connectivity index (χ0n) is 5.33. The normalized spacial score (nSPS) is 9.00. The van der Waals surface area contributed by atoms with Gasteiger partial charge in [0.1, 0.15) is 6.20 Å². The molecule has 0 saturated heterocycles. The van der Waals surface area contributed by atoms with Crippen molar-refractivity contribution in [3.8, 4) is 0 Å². The Bertz CT molecular complexity index is 197. The lowest BCUT2D eigenvalue weighted by Crippen LogP contribution is -2.44. The SMILES string of the molecule is CN[n+]1ccccc1N. The van der Waals surface area contributed by atoms with Crippen LogP contribution in [0.2, 0.25) is 0 Å². The van der Waals surface area contributed by atoms with Crippen molar-refractivity contribution in [2.75, 3.05) is 18.2 Å². The smallest absolute Gasteiger partial charge is 0.285 e. The van der Waals surface area contributed by atoms with Crippen molar-refractivity contribution in [1.29, 1.82) is 0 Å². The molecule has 9 heavy (non-hydrogen) atoms. The summed E-state index contributed by atoms with van der Waals surface area (Å²) in [6.45, 7) is 0. The molecule has 0 unspecified atom stereocenters. The third kappa shape index (κ3) is 1.10. The Hall–Kier alpha value is -1.25. The summed E-state index contributed by atoms with van der Waals surface area (Å²) in [5, 5.41) is 0. The first-order chi connectivity index (χ1) is 4.34. The van der Waals surface area contributed by atoms with Crippen molar-refractivity contribution in [2.24, 2.45) is 0 Å². The van der Waals surface area contributed by atoms with Crippen LogP contribution in [-0.4, -0.2) is 7.05 Å². The van der Waals surface area contributed by atoms with E-state index in [1.54, 1.807) is 4.68 Å². The molecule has 0 bridgehead atoms. The van der Waals surface area contributed by atoms with Gasteiger partial charge >= 0.3 is 0 Å². The number of hydrogen-bond donors (Lipinski definition) is 2. The van der Waals surface area contributed by atoms with Crippen molar-refractivity contribution in [3.63, 3.8) is 0 Å². The van der Waals surface area contributed by atoms with Crippen LogP contribution < -0.4 is 15.8 Å². The predicted molar refractivity (Wildman–Crippen MR) is 36.3 cm³/mol. The van der Waals surface area contributed by atoms with Crippen molar-refractivity contribution in [2.45, 2.75) is 0 Å². The maximum atomic E-state index is 5.53. The molecule has 0 fully saturated rings. The van der Waals surface area contributed by atoms with Crippen molar-refractivity contribution < 1.29 is 4.68 Å². The van der Waals surface area contributed by atoms with Gasteiger partial charge in [0.05, 0.1) is 0 Å². The molecule has 48 valence electrons. The predicted octanol–water partition coefficient (Wildman–Crippen LogP) is -0.270. The van der Waals surface area contributed by atoms with Crippen LogP contribution >= 0.6 is 0 Å². The molecule has 3 N–H and O–H groups in total. The van der Waals surface area contributed by atoms with Crippen LogP contribution in [0.3, 0.4) is 0 Å². The quantitative estimate of drug-likeness (QED) is 0.506. The average Bonchev–Trinajstić information content (AvgIpc) is 1.89. The molecule has 1 heterocycles. The molecule has 0 amide bonds. The summed E-state index contributed by atoms with van der Waals surface area (Å²) in [6.07, 6.45) is 1.86. The van der Waals surface area contributed by atoms with E-state index in [-0.39, 0.29) is 0 Å². The minimum atomic E-state index is 0.708. The van der Waals surface area contributed by atoms with Crippen molar-refractivity contribution in [3.05, 3.63) is 24.4 Å². The molecule has 3 nitrogen and oxygen atoms in total. The van der Waals surface area contributed by atoms with Crippen molar-refractivity contribution in [1.82, 2.24) is 0 Å². The van der Waals surface area contributed by atoms with E-state index >= 15 is 0 Å². The van der Waals surface area contributed by atoms with E-state index in [9.17, 15) is 0 Å². The maximum absolute atomic E-state index is 5.53. The van der Waals surface area contributed by atoms with E-state index in [0.717, 1.165) is 0 Å². The lowest BCUT2D eigenvalue weighted by Gasteiger charge is -1.97. The van der Waals surface area contributed by atoms with Crippen LogP contribution in [0.25, 0.3) is 0 Å². The van der Waals surface area contributed by atoms with Gasteiger partial charge in [-0.15, -0.1) is 4.68 Å². The van der Waals surface area contributed by atoms with Gasteiger partial charge < -0.3 is 0 Å². The van der Waals surface area contributed by atoms with Crippen LogP contribution in [0.15, 0.2) is 24.4 Å². The second-order valence-corrected chi connectivity index (χ2v) is 1.72. The fraction of sp³-hybridized carbons (Fsp3) is 0.167. The Morgan fingerprint density at radius 2 is 2.33 bits per heavy atom. The van der Waals surface area contributed by atoms with Gasteiger partial charge in [0.25, 0.3) is 5.82 Å². The van der Waals surface area contributed by atoms with Gasteiger partial charge in [0.15, 0.2) is 0 Å². The minimum Gasteiger partial charge on any atom is -0.285 e. The minimum absolute atomic E-state index is 0.708. The van der Waals surface area contributed by atoms with Gasteiger partial charge in [-0.25, -0.2) is 0 Å². The number of pyridine rings is 1. The highest BCUT2D eigenvalue weighted by Gasteiger charge is 1.95. The van der Waals surface area contributed by atoms with Gasteiger partial charge in [-0.05, 0) is 6.07 Å². The summed E-state index contributed by atoms with van der Waals surface area (Å²) >= 11 is 0. The molecule has 0 radical (unpaired) electrons. The highest BCUT2D eigenvalue weighted by atomic mass is 15.4. The molecule has 1 aromatic heterocycles. The van der Waals surface area contributed by atoms with Crippen LogP contribution in [0.1, 0.15) is 0 Å². The summed E-state index contributed by atoms with van der Waals surface area (Å²) in [7, 11) is 1.82. The topological polar surface area (TPSA) is 41.9 Å². The van der Waals surface area contributed by atoms with E-state index in [1.807, 2.05) is 31.4 Å². The molecule has 1 aromatic rings. The van der Waals surface area contributed by atoms with E-state index in [4.69, 9.17) is 5.73 Å². The number of nitrogens with one attached hydrogen (secondary N) is 1. The Balaban J connectivity index is 3.01. The Kier molecular flexibility index (Phi) is 1.53. The lowest BCUT2D eigenvalue weighted by atomic mass is 10.5. The van der Waals surface area contributed by atoms with Gasteiger partial charge in [-0.3, -0.25) is 11.2 Å². The fourth-order valence-corrected chi connectivity index (χ4v) is 0.660. The second kappa shape index (κ2) is 2.35. The first-order valence-electron chi connectivity index (χ1n) is 2.78. The number of rotatable bonds is 1. The average molecular weight is 124 g/mol. The molecular formula is C6H10N3+. The maximum Gasteiger partial charge on any atom is 0.295 e. The molecule has 0 saturated carbocycles. The monoisotopic (exact) mass is 124 g/mol. The summed E-state index contributed by atoms with van der Waals surface area (Å²) in [4.78, 5) is 0. The molecule has 0 spiro atoms. The number of nitrogen functional groups attached to an aromatic ring is 1. The standard InChI is InChI=1S/C6H9N3/c1-8-9-5-3-2-4-6(9)7/h2-5,7-8H,1H3/p+1. The van der Waals surface area contributed by atoms with E-state index in [1.165, 1.54) is 0 Å². The van der Waals surface area contributed by atoms with Gasteiger partial charge in [-0.1, -0.05) is 6.07 Å². The summed E-state index contributed by atoms with van der Waals surface area (Å²) in [6, 6.07) is 5.63. The molecule has 0 aliphatic heterocycles. The third-order valence-corrected chi connectivity index (χ3v) is 1.13. The number of nitrogens with zero attached hydrogens (tertiary/aromatic N) is 1. The lowest BCUT2D eigenvalue weighted by molar-refractivity contribution is -0.632. The van der Waals surface area contributed by atoms with Gasteiger partial charge in [-0.2, -0.15) is 0 Å². The Labute approximate surface area is 54.1 Å².